The number of nitrogens with zero attached hydrogens (tertiary/aromatic N) is 2. The molecule has 0 saturated carbocycles. The minimum absolute atomic E-state index is 0.0412. The lowest BCUT2D eigenvalue weighted by Gasteiger charge is -2.29. The standard InChI is InChI=1S/C21H30N2O2/c1-5-14-23-16-11-8-10-15(21(24)22(6-2)7-3)19(16)20-17(23)12-9-13-18(20)25-4/h9,12-13,15H,5-8,10-11,14H2,1-4H3/t15-/m1/s1. The number of aromatic nitrogens is 1. The average molecular weight is 342 g/mol. The molecule has 4 nitrogen and oxygen atoms in total. The molecule has 2 aromatic rings. The van der Waals surface area contributed by atoms with Crippen LogP contribution >= 0.6 is 0 Å². The number of amides is 1. The number of likely N-dealkylation sites (N-methyl/N-ethyl adjacent to an activating group) is 1. The predicted molar refractivity (Wildman–Crippen MR) is 102 cm³/mol. The first-order chi connectivity index (χ1) is 12.2. The van der Waals surface area contributed by atoms with Crippen LogP contribution in [0.5, 0.6) is 5.75 Å². The highest BCUT2D eigenvalue weighted by molar-refractivity contribution is 5.97. The van der Waals surface area contributed by atoms with Crippen molar-refractivity contribution < 1.29 is 9.53 Å². The van der Waals surface area contributed by atoms with Gasteiger partial charge in [0.2, 0.25) is 5.91 Å². The van der Waals surface area contributed by atoms with Gasteiger partial charge in [-0.3, -0.25) is 4.79 Å². The normalized spacial score (nSPS) is 16.7. The van der Waals surface area contributed by atoms with Gasteiger partial charge in [0.1, 0.15) is 5.75 Å². The maximum absolute atomic E-state index is 13.2. The van der Waals surface area contributed by atoms with Crippen molar-refractivity contribution in [2.45, 2.75) is 58.9 Å². The third-order valence-electron chi connectivity index (χ3n) is 5.50. The number of hydrogen-bond acceptors (Lipinski definition) is 2. The molecule has 1 amide bonds. The first-order valence-electron chi connectivity index (χ1n) is 9.64. The van der Waals surface area contributed by atoms with Crippen LogP contribution in [0, 0.1) is 0 Å². The molecule has 25 heavy (non-hydrogen) atoms. The van der Waals surface area contributed by atoms with E-state index in [9.17, 15) is 4.79 Å². The molecule has 0 N–H and O–H groups in total. The summed E-state index contributed by atoms with van der Waals surface area (Å²) >= 11 is 0. The van der Waals surface area contributed by atoms with Crippen molar-refractivity contribution in [2.24, 2.45) is 0 Å². The Bertz CT molecular complexity index is 759. The summed E-state index contributed by atoms with van der Waals surface area (Å²) in [6.07, 6.45) is 4.15. The molecular weight excluding hydrogens is 312 g/mol. The Balaban J connectivity index is 2.23. The summed E-state index contributed by atoms with van der Waals surface area (Å²) < 4.78 is 8.11. The van der Waals surface area contributed by atoms with Gasteiger partial charge in [-0.1, -0.05) is 13.0 Å². The van der Waals surface area contributed by atoms with Gasteiger partial charge in [-0.05, 0) is 57.2 Å². The monoisotopic (exact) mass is 342 g/mol. The number of carbonyl (C=O) groups excluding carboxylic acids is 1. The average Bonchev–Trinajstić information content (AvgIpc) is 2.97. The predicted octanol–water partition coefficient (Wildman–Crippen LogP) is 4.35. The zero-order valence-corrected chi connectivity index (χ0v) is 16.0. The van der Waals surface area contributed by atoms with E-state index in [-0.39, 0.29) is 11.8 Å². The molecule has 0 bridgehead atoms. The molecule has 1 atom stereocenters. The summed E-state index contributed by atoms with van der Waals surface area (Å²) in [4.78, 5) is 15.2. The molecular formula is C21H30N2O2. The number of methoxy groups -OCH3 is 1. The lowest BCUT2D eigenvalue weighted by molar-refractivity contribution is -0.132. The quantitative estimate of drug-likeness (QED) is 0.782. The molecule has 1 aliphatic rings. The SMILES string of the molecule is CCCn1c2c(c3c(OC)cccc31)[C@H](C(=O)N(CC)CC)CCC2. The summed E-state index contributed by atoms with van der Waals surface area (Å²) in [5.74, 6) is 1.12. The Morgan fingerprint density at radius 3 is 2.68 bits per heavy atom. The van der Waals surface area contributed by atoms with Crippen molar-refractivity contribution in [1.29, 1.82) is 0 Å². The van der Waals surface area contributed by atoms with E-state index in [1.807, 2.05) is 11.0 Å². The fraction of sp³-hybridized carbons (Fsp3) is 0.571. The minimum atomic E-state index is -0.0412. The first-order valence-corrected chi connectivity index (χ1v) is 9.64. The number of rotatable bonds is 6. The number of carbonyl (C=O) groups is 1. The van der Waals surface area contributed by atoms with Crippen LogP contribution in [-0.4, -0.2) is 35.6 Å². The zero-order valence-electron chi connectivity index (χ0n) is 16.0. The second kappa shape index (κ2) is 7.51. The summed E-state index contributed by atoms with van der Waals surface area (Å²) in [7, 11) is 1.72. The molecule has 136 valence electrons. The molecule has 0 saturated heterocycles. The summed E-state index contributed by atoms with van der Waals surface area (Å²) in [5.41, 5.74) is 3.78. The summed E-state index contributed by atoms with van der Waals surface area (Å²) in [5, 5.41) is 1.15. The van der Waals surface area contributed by atoms with E-state index in [0.717, 1.165) is 56.5 Å². The van der Waals surface area contributed by atoms with Crippen LogP contribution < -0.4 is 4.74 Å². The van der Waals surface area contributed by atoms with Gasteiger partial charge in [-0.25, -0.2) is 0 Å². The van der Waals surface area contributed by atoms with Crippen LogP contribution in [0.25, 0.3) is 10.9 Å². The van der Waals surface area contributed by atoms with Crippen molar-refractivity contribution in [3.63, 3.8) is 0 Å². The van der Waals surface area contributed by atoms with E-state index in [1.54, 1.807) is 7.11 Å². The van der Waals surface area contributed by atoms with E-state index >= 15 is 0 Å². The lowest BCUT2D eigenvalue weighted by Crippen LogP contribution is -2.36. The highest BCUT2D eigenvalue weighted by Crippen LogP contribution is 2.43. The Hall–Kier alpha value is -1.97. The fourth-order valence-corrected chi connectivity index (χ4v) is 4.36. The maximum atomic E-state index is 13.2. The molecule has 0 radical (unpaired) electrons. The topological polar surface area (TPSA) is 34.5 Å². The van der Waals surface area contributed by atoms with Crippen molar-refractivity contribution >= 4 is 16.8 Å². The van der Waals surface area contributed by atoms with Gasteiger partial charge in [-0.15, -0.1) is 0 Å². The van der Waals surface area contributed by atoms with E-state index in [4.69, 9.17) is 4.74 Å². The highest BCUT2D eigenvalue weighted by atomic mass is 16.5. The molecule has 4 heteroatoms. The summed E-state index contributed by atoms with van der Waals surface area (Å²) in [6.45, 7) is 8.86. The van der Waals surface area contributed by atoms with Crippen LogP contribution in [0.2, 0.25) is 0 Å². The second-order valence-corrected chi connectivity index (χ2v) is 6.82. The van der Waals surface area contributed by atoms with Gasteiger partial charge >= 0.3 is 0 Å². The Morgan fingerprint density at radius 1 is 1.28 bits per heavy atom. The van der Waals surface area contributed by atoms with E-state index in [2.05, 4.69) is 37.5 Å². The number of hydrogen-bond donors (Lipinski definition) is 0. The van der Waals surface area contributed by atoms with Crippen LogP contribution in [0.4, 0.5) is 0 Å². The number of ether oxygens (including phenoxy) is 1. The smallest absolute Gasteiger partial charge is 0.230 e. The van der Waals surface area contributed by atoms with Gasteiger partial charge in [0.05, 0.1) is 18.5 Å². The molecule has 1 aliphatic carbocycles. The van der Waals surface area contributed by atoms with Gasteiger partial charge in [0.15, 0.2) is 0 Å². The van der Waals surface area contributed by atoms with Crippen molar-refractivity contribution in [3.05, 3.63) is 29.5 Å². The van der Waals surface area contributed by atoms with Crippen molar-refractivity contribution in [3.8, 4) is 5.75 Å². The van der Waals surface area contributed by atoms with Gasteiger partial charge in [-0.2, -0.15) is 0 Å². The number of fused-ring (bicyclic) bond motifs is 3. The van der Waals surface area contributed by atoms with E-state index < -0.39 is 0 Å². The first kappa shape index (κ1) is 17.8. The van der Waals surface area contributed by atoms with Crippen LogP contribution in [0.3, 0.4) is 0 Å². The molecule has 0 aliphatic heterocycles. The maximum Gasteiger partial charge on any atom is 0.230 e. The highest BCUT2D eigenvalue weighted by Gasteiger charge is 2.34. The Kier molecular flexibility index (Phi) is 5.36. The zero-order chi connectivity index (χ0) is 18.0. The molecule has 1 aromatic heterocycles. The molecule has 0 spiro atoms. The summed E-state index contributed by atoms with van der Waals surface area (Å²) in [6, 6.07) is 6.25. The third kappa shape index (κ3) is 2.92. The minimum Gasteiger partial charge on any atom is -0.496 e. The van der Waals surface area contributed by atoms with Crippen LogP contribution in [-0.2, 0) is 17.8 Å². The number of aryl methyl sites for hydroxylation is 1. The molecule has 1 aromatic carbocycles. The fourth-order valence-electron chi connectivity index (χ4n) is 4.36. The Morgan fingerprint density at radius 2 is 2.04 bits per heavy atom. The molecule has 0 fully saturated rings. The Labute approximate surface area is 150 Å². The molecule has 0 unspecified atom stereocenters. The second-order valence-electron chi connectivity index (χ2n) is 6.82. The van der Waals surface area contributed by atoms with Crippen molar-refractivity contribution in [2.75, 3.05) is 20.2 Å². The van der Waals surface area contributed by atoms with Crippen LogP contribution in [0.1, 0.15) is 57.2 Å². The largest absolute Gasteiger partial charge is 0.496 e. The van der Waals surface area contributed by atoms with Crippen LogP contribution in [0.15, 0.2) is 18.2 Å². The van der Waals surface area contributed by atoms with Gasteiger partial charge < -0.3 is 14.2 Å². The molecule has 3 rings (SSSR count). The lowest BCUT2D eigenvalue weighted by atomic mass is 9.84. The molecule has 1 heterocycles. The van der Waals surface area contributed by atoms with Gasteiger partial charge in [0, 0.05) is 30.7 Å². The van der Waals surface area contributed by atoms with Gasteiger partial charge in [0.25, 0.3) is 0 Å². The number of benzene rings is 1. The van der Waals surface area contributed by atoms with E-state index in [0.29, 0.717) is 0 Å². The van der Waals surface area contributed by atoms with E-state index in [1.165, 1.54) is 16.8 Å². The third-order valence-corrected chi connectivity index (χ3v) is 5.50. The van der Waals surface area contributed by atoms with Crippen molar-refractivity contribution in [1.82, 2.24) is 9.47 Å².